The van der Waals surface area contributed by atoms with E-state index in [0.29, 0.717) is 10.0 Å². The molecule has 108 valence electrons. The van der Waals surface area contributed by atoms with E-state index in [2.05, 4.69) is 21.2 Å². The summed E-state index contributed by atoms with van der Waals surface area (Å²) in [6, 6.07) is 8.46. The quantitative estimate of drug-likeness (QED) is 0.882. The molecule has 0 bridgehead atoms. The van der Waals surface area contributed by atoms with E-state index in [9.17, 15) is 14.0 Å². The maximum absolute atomic E-state index is 13.2. The van der Waals surface area contributed by atoms with E-state index in [0.717, 1.165) is 0 Å². The third-order valence-electron chi connectivity index (χ3n) is 2.88. The van der Waals surface area contributed by atoms with Crippen molar-refractivity contribution in [3.05, 3.63) is 63.4 Å². The van der Waals surface area contributed by atoms with Crippen LogP contribution in [0, 0.1) is 12.7 Å². The zero-order chi connectivity index (χ0) is 15.6. The van der Waals surface area contributed by atoms with Gasteiger partial charge in [-0.05, 0) is 48.9 Å². The number of rotatable bonds is 3. The third kappa shape index (κ3) is 3.46. The fourth-order valence-corrected chi connectivity index (χ4v) is 2.14. The smallest absolute Gasteiger partial charge is 0.337 e. The van der Waals surface area contributed by atoms with Crippen molar-refractivity contribution in [2.24, 2.45) is 0 Å². The molecule has 0 saturated carbocycles. The minimum absolute atomic E-state index is 0.0310. The van der Waals surface area contributed by atoms with Gasteiger partial charge in [-0.25, -0.2) is 9.18 Å². The van der Waals surface area contributed by atoms with Gasteiger partial charge in [0.1, 0.15) is 5.82 Å². The fraction of sp³-hybridized carbons (Fsp3) is 0.0667. The van der Waals surface area contributed by atoms with Crippen molar-refractivity contribution in [1.82, 2.24) is 0 Å². The van der Waals surface area contributed by atoms with Crippen LogP contribution in [0.5, 0.6) is 0 Å². The monoisotopic (exact) mass is 351 g/mol. The van der Waals surface area contributed by atoms with E-state index in [1.165, 1.54) is 30.3 Å². The van der Waals surface area contributed by atoms with Gasteiger partial charge in [0.2, 0.25) is 0 Å². The maximum Gasteiger partial charge on any atom is 0.337 e. The summed E-state index contributed by atoms with van der Waals surface area (Å²) in [5.74, 6) is -2.05. The number of aromatic carboxylic acids is 1. The Hall–Kier alpha value is -2.21. The number of nitrogens with one attached hydrogen (secondary N) is 1. The van der Waals surface area contributed by atoms with Gasteiger partial charge in [-0.15, -0.1) is 0 Å². The number of carbonyl (C=O) groups is 2. The molecule has 0 radical (unpaired) electrons. The minimum atomic E-state index is -1.15. The van der Waals surface area contributed by atoms with Gasteiger partial charge in [0.25, 0.3) is 5.91 Å². The first-order valence-electron chi connectivity index (χ1n) is 5.99. The summed E-state index contributed by atoms with van der Waals surface area (Å²) in [7, 11) is 0. The molecule has 0 aromatic heterocycles. The predicted octanol–water partition coefficient (Wildman–Crippen LogP) is 3.85. The van der Waals surface area contributed by atoms with Gasteiger partial charge in [0.15, 0.2) is 0 Å². The molecule has 2 aromatic rings. The Balaban J connectivity index is 2.31. The summed E-state index contributed by atoms with van der Waals surface area (Å²) in [5.41, 5.74) is 0.749. The number of anilines is 1. The Kier molecular flexibility index (Phi) is 4.37. The number of amides is 1. The van der Waals surface area contributed by atoms with Crippen LogP contribution in [0.25, 0.3) is 0 Å². The van der Waals surface area contributed by atoms with Crippen molar-refractivity contribution in [3.8, 4) is 0 Å². The molecule has 21 heavy (non-hydrogen) atoms. The average Bonchev–Trinajstić information content (AvgIpc) is 2.43. The number of hydrogen-bond donors (Lipinski definition) is 2. The molecular formula is C15H11BrFNO3. The van der Waals surface area contributed by atoms with Crippen LogP contribution in [0.15, 0.2) is 40.9 Å². The summed E-state index contributed by atoms with van der Waals surface area (Å²) in [4.78, 5) is 23.3. The van der Waals surface area contributed by atoms with Crippen molar-refractivity contribution < 1.29 is 19.1 Å². The van der Waals surface area contributed by atoms with Crippen LogP contribution < -0.4 is 5.32 Å². The van der Waals surface area contributed by atoms with Crippen LogP contribution in [0.4, 0.5) is 10.1 Å². The van der Waals surface area contributed by atoms with Crippen LogP contribution in [-0.4, -0.2) is 17.0 Å². The second-order valence-electron chi connectivity index (χ2n) is 4.41. The lowest BCUT2D eigenvalue weighted by Gasteiger charge is -2.09. The predicted molar refractivity (Wildman–Crippen MR) is 80.2 cm³/mol. The van der Waals surface area contributed by atoms with E-state index in [4.69, 9.17) is 5.11 Å². The van der Waals surface area contributed by atoms with Crippen LogP contribution in [0.1, 0.15) is 26.3 Å². The highest BCUT2D eigenvalue weighted by Crippen LogP contribution is 2.22. The molecule has 0 unspecified atom stereocenters. The molecule has 0 fully saturated rings. The van der Waals surface area contributed by atoms with Crippen LogP contribution in [0.2, 0.25) is 0 Å². The molecule has 0 heterocycles. The second kappa shape index (κ2) is 6.05. The number of carboxylic acids is 1. The summed E-state index contributed by atoms with van der Waals surface area (Å²) >= 11 is 3.18. The van der Waals surface area contributed by atoms with Gasteiger partial charge in [-0.3, -0.25) is 4.79 Å². The Morgan fingerprint density at radius 3 is 2.52 bits per heavy atom. The highest BCUT2D eigenvalue weighted by molar-refractivity contribution is 9.10. The first-order valence-corrected chi connectivity index (χ1v) is 6.78. The highest BCUT2D eigenvalue weighted by atomic mass is 79.9. The molecule has 6 heteroatoms. The number of benzene rings is 2. The highest BCUT2D eigenvalue weighted by Gasteiger charge is 2.14. The molecule has 0 atom stereocenters. The van der Waals surface area contributed by atoms with Gasteiger partial charge in [-0.1, -0.05) is 15.9 Å². The lowest BCUT2D eigenvalue weighted by molar-refractivity contribution is 0.0698. The molecule has 4 nitrogen and oxygen atoms in total. The Morgan fingerprint density at radius 1 is 1.19 bits per heavy atom. The van der Waals surface area contributed by atoms with E-state index >= 15 is 0 Å². The Morgan fingerprint density at radius 2 is 1.90 bits per heavy atom. The second-order valence-corrected chi connectivity index (χ2v) is 5.33. The Bertz CT molecular complexity index is 731. The lowest BCUT2D eigenvalue weighted by atomic mass is 10.1. The third-order valence-corrected chi connectivity index (χ3v) is 3.37. The molecule has 0 spiro atoms. The normalized spacial score (nSPS) is 10.2. The number of aryl methyl sites for hydroxylation is 1. The van der Waals surface area contributed by atoms with Gasteiger partial charge in [0.05, 0.1) is 11.3 Å². The van der Waals surface area contributed by atoms with Crippen molar-refractivity contribution in [3.63, 3.8) is 0 Å². The summed E-state index contributed by atoms with van der Waals surface area (Å²) in [6.07, 6.45) is 0. The van der Waals surface area contributed by atoms with Crippen molar-refractivity contribution >= 4 is 33.5 Å². The molecule has 1 amide bonds. The Labute approximate surface area is 128 Å². The summed E-state index contributed by atoms with van der Waals surface area (Å²) in [6.45, 7) is 1.55. The number of halogens is 2. The molecule has 0 aliphatic heterocycles. The van der Waals surface area contributed by atoms with Crippen molar-refractivity contribution in [2.45, 2.75) is 6.92 Å². The van der Waals surface area contributed by atoms with Gasteiger partial charge < -0.3 is 10.4 Å². The summed E-state index contributed by atoms with van der Waals surface area (Å²) in [5, 5.41) is 11.7. The largest absolute Gasteiger partial charge is 0.478 e. The van der Waals surface area contributed by atoms with Gasteiger partial charge in [0, 0.05) is 10.0 Å². The molecule has 0 aliphatic carbocycles. The minimum Gasteiger partial charge on any atom is -0.478 e. The molecule has 0 saturated heterocycles. The molecule has 2 N–H and O–H groups in total. The zero-order valence-electron chi connectivity index (χ0n) is 11.0. The van der Waals surface area contributed by atoms with Crippen molar-refractivity contribution in [2.75, 3.05) is 5.32 Å². The topological polar surface area (TPSA) is 66.4 Å². The number of carboxylic acid groups (broad SMARTS) is 1. The SMILES string of the molecule is Cc1cc(C(=O)Nc2ccc(Br)cc2C(=O)O)ccc1F. The van der Waals surface area contributed by atoms with Gasteiger partial charge >= 0.3 is 5.97 Å². The van der Waals surface area contributed by atoms with Gasteiger partial charge in [-0.2, -0.15) is 0 Å². The van der Waals surface area contributed by atoms with Crippen LogP contribution >= 0.6 is 15.9 Å². The average molecular weight is 352 g/mol. The summed E-state index contributed by atoms with van der Waals surface area (Å²) < 4.78 is 13.8. The number of hydrogen-bond acceptors (Lipinski definition) is 2. The first-order chi connectivity index (χ1) is 9.88. The molecular weight excluding hydrogens is 341 g/mol. The fourth-order valence-electron chi connectivity index (χ4n) is 1.78. The molecule has 0 aliphatic rings. The van der Waals surface area contributed by atoms with E-state index in [1.807, 2.05) is 0 Å². The zero-order valence-corrected chi connectivity index (χ0v) is 12.6. The maximum atomic E-state index is 13.2. The standard InChI is InChI=1S/C15H11BrFNO3/c1-8-6-9(2-4-12(8)17)14(19)18-13-5-3-10(16)7-11(13)15(20)21/h2-7H,1H3,(H,18,19)(H,20,21). The van der Waals surface area contributed by atoms with Crippen molar-refractivity contribution in [1.29, 1.82) is 0 Å². The van der Waals surface area contributed by atoms with Crippen LogP contribution in [-0.2, 0) is 0 Å². The number of carbonyl (C=O) groups excluding carboxylic acids is 1. The lowest BCUT2D eigenvalue weighted by Crippen LogP contribution is -2.15. The molecule has 2 aromatic carbocycles. The molecule has 2 rings (SSSR count). The van der Waals surface area contributed by atoms with E-state index < -0.39 is 17.7 Å². The van der Waals surface area contributed by atoms with E-state index in [1.54, 1.807) is 13.0 Å². The first kappa shape index (κ1) is 15.2. The van der Waals surface area contributed by atoms with E-state index in [-0.39, 0.29) is 16.8 Å². The van der Waals surface area contributed by atoms with Crippen LogP contribution in [0.3, 0.4) is 0 Å².